The van der Waals surface area contributed by atoms with Gasteiger partial charge in [-0.05, 0) is 18.6 Å². The number of nitrogens with two attached hydrogens (primary N) is 1. The molecule has 0 bridgehead atoms. The Labute approximate surface area is 107 Å². The third-order valence-corrected chi connectivity index (χ3v) is 2.86. The van der Waals surface area contributed by atoms with Crippen LogP contribution in [0, 0.1) is 0 Å². The molecule has 0 radical (unpaired) electrons. The Morgan fingerprint density at radius 3 is 2.63 bits per heavy atom. The minimum atomic E-state index is -4.82. The molecule has 0 aromatic heterocycles. The second kappa shape index (κ2) is 5.08. The molecule has 1 aliphatic heterocycles. The highest BCUT2D eigenvalue weighted by molar-refractivity contribution is 5.97. The average molecular weight is 274 g/mol. The van der Waals surface area contributed by atoms with Crippen LogP contribution in [0.5, 0.6) is 5.75 Å². The van der Waals surface area contributed by atoms with Crippen LogP contribution in [0.2, 0.25) is 0 Å². The molecule has 1 fully saturated rings. The van der Waals surface area contributed by atoms with Crippen molar-refractivity contribution in [3.8, 4) is 5.75 Å². The zero-order valence-corrected chi connectivity index (χ0v) is 9.98. The van der Waals surface area contributed by atoms with Crippen molar-refractivity contribution in [1.29, 1.82) is 0 Å². The molecular weight excluding hydrogens is 261 g/mol. The number of hydrogen-bond acceptors (Lipinski definition) is 3. The van der Waals surface area contributed by atoms with Gasteiger partial charge >= 0.3 is 6.36 Å². The normalized spacial score (nSPS) is 19.6. The Hall–Kier alpha value is -1.76. The van der Waals surface area contributed by atoms with E-state index in [2.05, 4.69) is 4.74 Å². The van der Waals surface area contributed by atoms with Crippen molar-refractivity contribution in [3.63, 3.8) is 0 Å². The maximum atomic E-state index is 12.3. The van der Waals surface area contributed by atoms with Gasteiger partial charge in [0.25, 0.3) is 5.91 Å². The summed E-state index contributed by atoms with van der Waals surface area (Å²) in [5.74, 6) is -0.978. The van der Waals surface area contributed by atoms with E-state index in [0.29, 0.717) is 19.5 Å². The molecule has 1 aromatic rings. The fourth-order valence-electron chi connectivity index (χ4n) is 2.00. The molecule has 4 nitrogen and oxygen atoms in total. The monoisotopic (exact) mass is 274 g/mol. The predicted octanol–water partition coefficient (Wildman–Crippen LogP) is 1.76. The molecular formula is C12H13F3N2O2. The van der Waals surface area contributed by atoms with Crippen molar-refractivity contribution in [1.82, 2.24) is 4.90 Å². The fraction of sp³-hybridized carbons (Fsp3) is 0.417. The molecule has 0 aliphatic carbocycles. The van der Waals surface area contributed by atoms with E-state index >= 15 is 0 Å². The molecule has 19 heavy (non-hydrogen) atoms. The van der Waals surface area contributed by atoms with Gasteiger partial charge in [0.15, 0.2) is 0 Å². The van der Waals surface area contributed by atoms with Crippen molar-refractivity contribution in [2.75, 3.05) is 13.1 Å². The average Bonchev–Trinajstić information content (AvgIpc) is 2.74. The summed E-state index contributed by atoms with van der Waals surface area (Å²) in [6.07, 6.45) is -4.17. The van der Waals surface area contributed by atoms with Crippen LogP contribution in [-0.4, -0.2) is 36.3 Å². The van der Waals surface area contributed by atoms with Crippen LogP contribution >= 0.6 is 0 Å². The number of likely N-dealkylation sites (tertiary alicyclic amines) is 1. The number of nitrogens with zero attached hydrogens (tertiary/aromatic N) is 1. The largest absolute Gasteiger partial charge is 0.573 e. The predicted molar refractivity (Wildman–Crippen MR) is 61.6 cm³/mol. The number of para-hydroxylation sites is 1. The van der Waals surface area contributed by atoms with Crippen LogP contribution < -0.4 is 10.5 Å². The maximum absolute atomic E-state index is 12.3. The number of carbonyl (C=O) groups excluding carboxylic acids is 1. The van der Waals surface area contributed by atoms with E-state index in [1.165, 1.54) is 23.1 Å². The number of carbonyl (C=O) groups is 1. The lowest BCUT2D eigenvalue weighted by Gasteiger charge is -2.18. The van der Waals surface area contributed by atoms with Crippen LogP contribution in [0.3, 0.4) is 0 Å². The van der Waals surface area contributed by atoms with Crippen LogP contribution in [0.4, 0.5) is 13.2 Å². The van der Waals surface area contributed by atoms with E-state index in [-0.39, 0.29) is 11.6 Å². The van der Waals surface area contributed by atoms with E-state index < -0.39 is 18.0 Å². The molecule has 2 N–H and O–H groups in total. The van der Waals surface area contributed by atoms with Crippen LogP contribution in [-0.2, 0) is 0 Å². The number of amides is 1. The van der Waals surface area contributed by atoms with Gasteiger partial charge in [-0.3, -0.25) is 4.79 Å². The van der Waals surface area contributed by atoms with Crippen molar-refractivity contribution in [3.05, 3.63) is 29.8 Å². The fourth-order valence-corrected chi connectivity index (χ4v) is 2.00. The third-order valence-electron chi connectivity index (χ3n) is 2.86. The summed E-state index contributed by atoms with van der Waals surface area (Å²) in [6, 6.07) is 5.18. The first-order valence-electron chi connectivity index (χ1n) is 5.76. The summed E-state index contributed by atoms with van der Waals surface area (Å²) >= 11 is 0. The highest BCUT2D eigenvalue weighted by Crippen LogP contribution is 2.27. The van der Waals surface area contributed by atoms with E-state index in [0.717, 1.165) is 6.07 Å². The summed E-state index contributed by atoms with van der Waals surface area (Å²) < 4.78 is 40.6. The molecule has 1 saturated heterocycles. The summed E-state index contributed by atoms with van der Waals surface area (Å²) in [7, 11) is 0. The van der Waals surface area contributed by atoms with E-state index in [4.69, 9.17) is 5.73 Å². The Bertz CT molecular complexity index is 476. The smallest absolute Gasteiger partial charge is 0.405 e. The first-order chi connectivity index (χ1) is 8.87. The van der Waals surface area contributed by atoms with E-state index in [1.54, 1.807) is 0 Å². The maximum Gasteiger partial charge on any atom is 0.573 e. The van der Waals surface area contributed by atoms with Gasteiger partial charge in [-0.25, -0.2) is 0 Å². The summed E-state index contributed by atoms with van der Waals surface area (Å²) in [5.41, 5.74) is 5.57. The lowest BCUT2D eigenvalue weighted by atomic mass is 10.2. The lowest BCUT2D eigenvalue weighted by molar-refractivity contribution is -0.274. The summed E-state index contributed by atoms with van der Waals surface area (Å²) in [5, 5.41) is 0. The van der Waals surface area contributed by atoms with Crippen molar-refractivity contribution in [2.45, 2.75) is 18.8 Å². The SMILES string of the molecule is N[C@@H]1CCN(C(=O)c2ccccc2OC(F)(F)F)C1. The zero-order chi connectivity index (χ0) is 14.0. The molecule has 1 amide bonds. The number of benzene rings is 1. The number of hydrogen-bond donors (Lipinski definition) is 1. The Morgan fingerprint density at radius 2 is 2.05 bits per heavy atom. The van der Waals surface area contributed by atoms with Crippen molar-refractivity contribution in [2.24, 2.45) is 5.73 Å². The van der Waals surface area contributed by atoms with Gasteiger partial charge in [-0.1, -0.05) is 12.1 Å². The van der Waals surface area contributed by atoms with Crippen LogP contribution in [0.25, 0.3) is 0 Å². The molecule has 1 heterocycles. The van der Waals surface area contributed by atoms with Gasteiger partial charge in [0, 0.05) is 19.1 Å². The van der Waals surface area contributed by atoms with E-state index in [9.17, 15) is 18.0 Å². The highest BCUT2D eigenvalue weighted by Gasteiger charge is 2.34. The van der Waals surface area contributed by atoms with Gasteiger partial charge in [-0.2, -0.15) is 0 Å². The minimum Gasteiger partial charge on any atom is -0.405 e. The zero-order valence-electron chi connectivity index (χ0n) is 9.98. The quantitative estimate of drug-likeness (QED) is 0.894. The van der Waals surface area contributed by atoms with Crippen molar-refractivity contribution >= 4 is 5.91 Å². The van der Waals surface area contributed by atoms with E-state index in [1.807, 2.05) is 0 Å². The number of rotatable bonds is 2. The second-order valence-corrected chi connectivity index (χ2v) is 4.34. The summed E-state index contributed by atoms with van der Waals surface area (Å²) in [4.78, 5) is 13.6. The van der Waals surface area contributed by atoms with Crippen LogP contribution in [0.1, 0.15) is 16.8 Å². The third kappa shape index (κ3) is 3.37. The van der Waals surface area contributed by atoms with Crippen LogP contribution in [0.15, 0.2) is 24.3 Å². The molecule has 1 aliphatic rings. The molecule has 1 aromatic carbocycles. The Balaban J connectivity index is 2.22. The standard InChI is InChI=1S/C12H13F3N2O2/c13-12(14,15)19-10-4-2-1-3-9(10)11(18)17-6-5-8(16)7-17/h1-4,8H,5-7,16H2/t8-/m1/s1. The molecule has 2 rings (SSSR count). The topological polar surface area (TPSA) is 55.6 Å². The molecule has 7 heteroatoms. The lowest BCUT2D eigenvalue weighted by Crippen LogP contribution is -2.32. The number of alkyl halides is 3. The number of halogens is 3. The molecule has 104 valence electrons. The second-order valence-electron chi connectivity index (χ2n) is 4.34. The highest BCUT2D eigenvalue weighted by atomic mass is 19.4. The van der Waals surface area contributed by atoms with Gasteiger partial charge in [0.05, 0.1) is 5.56 Å². The molecule has 1 atom stereocenters. The molecule has 0 saturated carbocycles. The van der Waals surface area contributed by atoms with Gasteiger partial charge in [0.1, 0.15) is 5.75 Å². The molecule has 0 spiro atoms. The minimum absolute atomic E-state index is 0.103. The van der Waals surface area contributed by atoms with Crippen molar-refractivity contribution < 1.29 is 22.7 Å². The number of ether oxygens (including phenoxy) is 1. The summed E-state index contributed by atoms with van der Waals surface area (Å²) in [6.45, 7) is 0.791. The van der Waals surface area contributed by atoms with Gasteiger partial charge < -0.3 is 15.4 Å². The van der Waals surface area contributed by atoms with Gasteiger partial charge in [-0.15, -0.1) is 13.2 Å². The Kier molecular flexibility index (Phi) is 3.66. The van der Waals surface area contributed by atoms with Gasteiger partial charge in [0.2, 0.25) is 0 Å². The molecule has 0 unspecified atom stereocenters. The first-order valence-corrected chi connectivity index (χ1v) is 5.76. The Morgan fingerprint density at radius 1 is 1.37 bits per heavy atom. The first kappa shape index (κ1) is 13.7.